The SMILES string of the molecule is CC(O)[C@@H]1C[C@H](C)[C@H](n2ccc(N)nc2=O)O1. The molecule has 1 fully saturated rings. The Bertz CT molecular complexity index is 458. The molecule has 0 bridgehead atoms. The fraction of sp³-hybridized carbons (Fsp3) is 0.636. The lowest BCUT2D eigenvalue weighted by molar-refractivity contribution is -0.0605. The normalized spacial score (nSPS) is 30.4. The molecule has 1 saturated heterocycles. The van der Waals surface area contributed by atoms with Gasteiger partial charge in [-0.2, -0.15) is 4.98 Å². The third-order valence-electron chi connectivity index (χ3n) is 3.07. The molecular formula is C11H17N3O3. The van der Waals surface area contributed by atoms with E-state index >= 15 is 0 Å². The Morgan fingerprint density at radius 1 is 1.71 bits per heavy atom. The highest BCUT2D eigenvalue weighted by atomic mass is 16.5. The number of nitrogens with two attached hydrogens (primary N) is 1. The molecule has 94 valence electrons. The van der Waals surface area contributed by atoms with Gasteiger partial charge >= 0.3 is 5.69 Å². The van der Waals surface area contributed by atoms with Crippen molar-refractivity contribution in [1.29, 1.82) is 0 Å². The third kappa shape index (κ3) is 2.32. The van der Waals surface area contributed by atoms with Crippen LogP contribution in [0.4, 0.5) is 5.82 Å². The van der Waals surface area contributed by atoms with Gasteiger partial charge in [-0.25, -0.2) is 4.79 Å². The van der Waals surface area contributed by atoms with Crippen LogP contribution < -0.4 is 11.4 Å². The number of rotatable bonds is 2. The average molecular weight is 239 g/mol. The van der Waals surface area contributed by atoms with Gasteiger partial charge in [-0.15, -0.1) is 0 Å². The van der Waals surface area contributed by atoms with E-state index in [2.05, 4.69) is 4.98 Å². The van der Waals surface area contributed by atoms with Crippen LogP contribution in [0.25, 0.3) is 0 Å². The monoisotopic (exact) mass is 239 g/mol. The molecule has 6 heteroatoms. The summed E-state index contributed by atoms with van der Waals surface area (Å²) < 4.78 is 7.09. The molecule has 6 nitrogen and oxygen atoms in total. The van der Waals surface area contributed by atoms with Crippen molar-refractivity contribution in [2.45, 2.75) is 38.7 Å². The van der Waals surface area contributed by atoms with E-state index in [0.29, 0.717) is 0 Å². The predicted octanol–water partition coefficient (Wildman–Crippen LogP) is 0.130. The van der Waals surface area contributed by atoms with Gasteiger partial charge in [0.1, 0.15) is 12.0 Å². The summed E-state index contributed by atoms with van der Waals surface area (Å²) in [7, 11) is 0. The van der Waals surface area contributed by atoms with Gasteiger partial charge < -0.3 is 15.6 Å². The minimum Gasteiger partial charge on any atom is -0.391 e. The first-order valence-electron chi connectivity index (χ1n) is 5.67. The Morgan fingerprint density at radius 3 is 2.94 bits per heavy atom. The van der Waals surface area contributed by atoms with Crippen molar-refractivity contribution >= 4 is 5.82 Å². The van der Waals surface area contributed by atoms with Crippen LogP contribution in [0, 0.1) is 5.92 Å². The van der Waals surface area contributed by atoms with Crippen LogP contribution in [-0.2, 0) is 4.74 Å². The van der Waals surface area contributed by atoms with Crippen LogP contribution in [0.15, 0.2) is 17.1 Å². The molecule has 0 aromatic carbocycles. The van der Waals surface area contributed by atoms with E-state index < -0.39 is 11.8 Å². The molecule has 4 atom stereocenters. The van der Waals surface area contributed by atoms with E-state index in [1.54, 1.807) is 19.2 Å². The fourth-order valence-electron chi connectivity index (χ4n) is 2.12. The number of nitrogen functional groups attached to an aromatic ring is 1. The Kier molecular flexibility index (Phi) is 3.17. The second-order valence-corrected chi connectivity index (χ2v) is 4.56. The third-order valence-corrected chi connectivity index (χ3v) is 3.07. The highest BCUT2D eigenvalue weighted by Gasteiger charge is 2.36. The number of hydrogen-bond donors (Lipinski definition) is 2. The molecule has 0 saturated carbocycles. The summed E-state index contributed by atoms with van der Waals surface area (Å²) in [5.41, 5.74) is 5.01. The number of aromatic nitrogens is 2. The molecule has 0 radical (unpaired) electrons. The van der Waals surface area contributed by atoms with Gasteiger partial charge in [0, 0.05) is 12.1 Å². The van der Waals surface area contributed by atoms with Gasteiger partial charge in [-0.05, 0) is 19.4 Å². The second-order valence-electron chi connectivity index (χ2n) is 4.56. The van der Waals surface area contributed by atoms with Gasteiger partial charge in [0.05, 0.1) is 12.2 Å². The molecule has 1 unspecified atom stereocenters. The van der Waals surface area contributed by atoms with E-state index in [4.69, 9.17) is 10.5 Å². The minimum atomic E-state index is -0.542. The summed E-state index contributed by atoms with van der Waals surface area (Å²) in [6.07, 6.45) is 1.14. The predicted molar refractivity (Wildman–Crippen MR) is 62.3 cm³/mol. The van der Waals surface area contributed by atoms with Crippen LogP contribution in [0.2, 0.25) is 0 Å². The molecule has 0 spiro atoms. The lowest BCUT2D eigenvalue weighted by atomic mass is 10.0. The highest BCUT2D eigenvalue weighted by molar-refractivity contribution is 5.23. The van der Waals surface area contributed by atoms with Gasteiger partial charge in [0.25, 0.3) is 0 Å². The number of aliphatic hydroxyl groups excluding tert-OH is 1. The zero-order chi connectivity index (χ0) is 12.6. The zero-order valence-electron chi connectivity index (χ0n) is 9.91. The van der Waals surface area contributed by atoms with E-state index in [1.165, 1.54) is 4.57 Å². The van der Waals surface area contributed by atoms with E-state index in [9.17, 15) is 9.90 Å². The molecule has 2 heterocycles. The first kappa shape index (κ1) is 12.1. The lowest BCUT2D eigenvalue weighted by Gasteiger charge is -2.18. The number of hydrogen-bond acceptors (Lipinski definition) is 5. The van der Waals surface area contributed by atoms with Crippen LogP contribution in [-0.4, -0.2) is 26.9 Å². The summed E-state index contributed by atoms with van der Waals surface area (Å²) in [6, 6.07) is 1.56. The quantitative estimate of drug-likeness (QED) is 0.765. The van der Waals surface area contributed by atoms with Crippen LogP contribution in [0.1, 0.15) is 26.5 Å². The van der Waals surface area contributed by atoms with Gasteiger partial charge in [0.15, 0.2) is 0 Å². The van der Waals surface area contributed by atoms with Crippen molar-refractivity contribution < 1.29 is 9.84 Å². The molecule has 0 aliphatic carbocycles. The molecule has 1 aliphatic heterocycles. The van der Waals surface area contributed by atoms with Gasteiger partial charge in [0.2, 0.25) is 0 Å². The number of nitrogens with zero attached hydrogens (tertiary/aromatic N) is 2. The van der Waals surface area contributed by atoms with E-state index in [-0.39, 0.29) is 24.1 Å². The average Bonchev–Trinajstić information content (AvgIpc) is 2.61. The molecule has 17 heavy (non-hydrogen) atoms. The Labute approximate surface area is 99.0 Å². The van der Waals surface area contributed by atoms with Gasteiger partial charge in [-0.1, -0.05) is 6.92 Å². The maximum Gasteiger partial charge on any atom is 0.351 e. The van der Waals surface area contributed by atoms with Crippen molar-refractivity contribution in [2.75, 3.05) is 5.73 Å². The minimum absolute atomic E-state index is 0.151. The lowest BCUT2D eigenvalue weighted by Crippen LogP contribution is -2.30. The summed E-state index contributed by atoms with van der Waals surface area (Å²) in [6.45, 7) is 3.67. The van der Waals surface area contributed by atoms with Gasteiger partial charge in [-0.3, -0.25) is 4.57 Å². The first-order chi connectivity index (χ1) is 7.99. The Hall–Kier alpha value is -1.40. The standard InChI is InChI=1S/C11H17N3O3/c1-6-5-8(7(2)15)17-10(6)14-4-3-9(12)13-11(14)16/h3-4,6-8,10,15H,5H2,1-2H3,(H2,12,13,16)/t6-,7?,8-,10+/m0/s1. The molecule has 1 aliphatic rings. The molecule has 1 aromatic heterocycles. The van der Waals surface area contributed by atoms with Crippen LogP contribution >= 0.6 is 0 Å². The van der Waals surface area contributed by atoms with E-state index in [0.717, 1.165) is 6.42 Å². The van der Waals surface area contributed by atoms with Crippen molar-refractivity contribution in [2.24, 2.45) is 5.92 Å². The summed E-state index contributed by atoms with van der Waals surface area (Å²) in [4.78, 5) is 15.3. The fourth-order valence-corrected chi connectivity index (χ4v) is 2.12. The van der Waals surface area contributed by atoms with E-state index in [1.807, 2.05) is 6.92 Å². The van der Waals surface area contributed by atoms with Crippen LogP contribution in [0.5, 0.6) is 0 Å². The number of ether oxygens (including phenoxy) is 1. The molecular weight excluding hydrogens is 222 g/mol. The highest BCUT2D eigenvalue weighted by Crippen LogP contribution is 2.34. The van der Waals surface area contributed by atoms with Crippen molar-refractivity contribution in [3.63, 3.8) is 0 Å². The molecule has 1 aromatic rings. The van der Waals surface area contributed by atoms with Crippen molar-refractivity contribution in [3.8, 4) is 0 Å². The maximum atomic E-state index is 11.7. The van der Waals surface area contributed by atoms with Crippen molar-refractivity contribution in [3.05, 3.63) is 22.7 Å². The molecule has 3 N–H and O–H groups in total. The zero-order valence-corrected chi connectivity index (χ0v) is 9.91. The Morgan fingerprint density at radius 2 is 2.41 bits per heavy atom. The first-order valence-corrected chi connectivity index (χ1v) is 5.67. The summed E-state index contributed by atoms with van der Waals surface area (Å²) in [5, 5.41) is 9.50. The molecule has 0 amide bonds. The van der Waals surface area contributed by atoms with Crippen LogP contribution in [0.3, 0.4) is 0 Å². The smallest absolute Gasteiger partial charge is 0.351 e. The largest absolute Gasteiger partial charge is 0.391 e. The van der Waals surface area contributed by atoms with Crippen molar-refractivity contribution in [1.82, 2.24) is 9.55 Å². The number of anilines is 1. The summed E-state index contributed by atoms with van der Waals surface area (Å²) in [5.74, 6) is 0.349. The Balaban J connectivity index is 2.26. The second kappa shape index (κ2) is 4.46. The maximum absolute atomic E-state index is 11.7. The summed E-state index contributed by atoms with van der Waals surface area (Å²) >= 11 is 0. The topological polar surface area (TPSA) is 90.4 Å². The number of aliphatic hydroxyl groups is 1. The molecule has 2 rings (SSSR count).